The summed E-state index contributed by atoms with van der Waals surface area (Å²) in [4.78, 5) is 2.56. The molecule has 1 rings (SSSR count). The van der Waals surface area contributed by atoms with Crippen molar-refractivity contribution >= 4 is 0 Å². The van der Waals surface area contributed by atoms with Crippen molar-refractivity contribution in [1.82, 2.24) is 10.2 Å². The fraction of sp³-hybridized carbons (Fsp3) is 1.00. The van der Waals surface area contributed by atoms with E-state index in [1.807, 2.05) is 0 Å². The van der Waals surface area contributed by atoms with Gasteiger partial charge in [-0.05, 0) is 51.2 Å². The Morgan fingerprint density at radius 3 is 2.59 bits per heavy atom. The third kappa shape index (κ3) is 4.94. The Hall–Kier alpha value is -0.120. The van der Waals surface area contributed by atoms with E-state index in [2.05, 4.69) is 37.9 Å². The lowest BCUT2D eigenvalue weighted by molar-refractivity contribution is 0.159. The van der Waals surface area contributed by atoms with E-state index in [1.165, 1.54) is 32.5 Å². The molecule has 3 heteroatoms. The Bertz CT molecular complexity index is 230. The van der Waals surface area contributed by atoms with Crippen molar-refractivity contribution in [3.63, 3.8) is 0 Å². The Balaban J connectivity index is 2.23. The summed E-state index contributed by atoms with van der Waals surface area (Å²) in [5.41, 5.74) is 0.409. The summed E-state index contributed by atoms with van der Waals surface area (Å²) in [6.45, 7) is 13.7. The van der Waals surface area contributed by atoms with Crippen LogP contribution in [0.1, 0.15) is 47.0 Å². The van der Waals surface area contributed by atoms with Crippen molar-refractivity contribution in [2.75, 3.05) is 32.8 Å². The molecule has 0 spiro atoms. The third-order valence-corrected chi connectivity index (χ3v) is 3.91. The molecule has 1 fully saturated rings. The van der Waals surface area contributed by atoms with E-state index < -0.39 is 0 Å². The van der Waals surface area contributed by atoms with Crippen LogP contribution in [0, 0.1) is 5.41 Å². The number of hydrogen-bond acceptors (Lipinski definition) is 3. The number of aliphatic hydroxyl groups is 1. The molecule has 0 aliphatic carbocycles. The summed E-state index contributed by atoms with van der Waals surface area (Å²) in [5.74, 6) is 0. The minimum atomic E-state index is -0.0933. The van der Waals surface area contributed by atoms with Gasteiger partial charge < -0.3 is 15.3 Å². The standard InChI is InChI=1S/C14H30N2O/c1-5-15-14(4,12-17)7-6-9-16-10-8-13(2,3)11-16/h15,17H,5-12H2,1-4H3. The second-order valence-corrected chi connectivity index (χ2v) is 6.54. The molecule has 1 saturated heterocycles. The van der Waals surface area contributed by atoms with Crippen LogP contribution in [0.25, 0.3) is 0 Å². The summed E-state index contributed by atoms with van der Waals surface area (Å²) < 4.78 is 0. The maximum atomic E-state index is 9.42. The van der Waals surface area contributed by atoms with Crippen LogP contribution in [0.15, 0.2) is 0 Å². The normalized spacial score (nSPS) is 23.8. The first-order valence-corrected chi connectivity index (χ1v) is 6.99. The number of rotatable bonds is 7. The van der Waals surface area contributed by atoms with E-state index >= 15 is 0 Å². The minimum Gasteiger partial charge on any atom is -0.394 e. The van der Waals surface area contributed by atoms with Gasteiger partial charge in [0.15, 0.2) is 0 Å². The van der Waals surface area contributed by atoms with Gasteiger partial charge in [0.05, 0.1) is 6.61 Å². The summed E-state index contributed by atoms with van der Waals surface area (Å²) in [5, 5.41) is 12.8. The smallest absolute Gasteiger partial charge is 0.0610 e. The fourth-order valence-corrected chi connectivity index (χ4v) is 2.76. The summed E-state index contributed by atoms with van der Waals surface area (Å²) in [6.07, 6.45) is 3.53. The molecule has 0 saturated carbocycles. The van der Waals surface area contributed by atoms with Gasteiger partial charge in [0.2, 0.25) is 0 Å². The van der Waals surface area contributed by atoms with E-state index in [1.54, 1.807) is 0 Å². The van der Waals surface area contributed by atoms with E-state index in [0.717, 1.165) is 13.0 Å². The highest BCUT2D eigenvalue weighted by Gasteiger charge is 2.29. The van der Waals surface area contributed by atoms with Gasteiger partial charge in [-0.1, -0.05) is 20.8 Å². The molecule has 2 N–H and O–H groups in total. The average molecular weight is 242 g/mol. The zero-order valence-corrected chi connectivity index (χ0v) is 12.1. The lowest BCUT2D eigenvalue weighted by Gasteiger charge is -2.29. The van der Waals surface area contributed by atoms with Gasteiger partial charge in [-0.15, -0.1) is 0 Å². The Labute approximate surface area is 107 Å². The number of hydrogen-bond donors (Lipinski definition) is 2. The Morgan fingerprint density at radius 2 is 2.12 bits per heavy atom. The number of likely N-dealkylation sites (N-methyl/N-ethyl adjacent to an activating group) is 1. The van der Waals surface area contributed by atoms with E-state index in [9.17, 15) is 5.11 Å². The van der Waals surface area contributed by atoms with Crippen molar-refractivity contribution in [2.24, 2.45) is 5.41 Å². The van der Waals surface area contributed by atoms with E-state index in [-0.39, 0.29) is 12.1 Å². The molecule has 17 heavy (non-hydrogen) atoms. The first kappa shape index (κ1) is 14.9. The first-order chi connectivity index (χ1) is 7.91. The average Bonchev–Trinajstić information content (AvgIpc) is 2.59. The van der Waals surface area contributed by atoms with Crippen LogP contribution < -0.4 is 5.32 Å². The lowest BCUT2D eigenvalue weighted by atomic mass is 9.93. The van der Waals surface area contributed by atoms with Crippen LogP contribution in [0.2, 0.25) is 0 Å². The molecule has 1 aliphatic rings. The Morgan fingerprint density at radius 1 is 1.41 bits per heavy atom. The molecule has 102 valence electrons. The second-order valence-electron chi connectivity index (χ2n) is 6.54. The molecule has 0 aromatic rings. The zero-order valence-electron chi connectivity index (χ0n) is 12.1. The van der Waals surface area contributed by atoms with Gasteiger partial charge in [0.25, 0.3) is 0 Å². The van der Waals surface area contributed by atoms with Crippen molar-refractivity contribution < 1.29 is 5.11 Å². The number of nitrogens with zero attached hydrogens (tertiary/aromatic N) is 1. The van der Waals surface area contributed by atoms with Crippen LogP contribution in [0.5, 0.6) is 0 Å². The largest absolute Gasteiger partial charge is 0.394 e. The van der Waals surface area contributed by atoms with Crippen molar-refractivity contribution in [3.8, 4) is 0 Å². The fourth-order valence-electron chi connectivity index (χ4n) is 2.76. The van der Waals surface area contributed by atoms with Gasteiger partial charge in [0, 0.05) is 12.1 Å². The van der Waals surface area contributed by atoms with Crippen LogP contribution in [-0.4, -0.2) is 48.3 Å². The maximum Gasteiger partial charge on any atom is 0.0610 e. The molecule has 1 unspecified atom stereocenters. The SMILES string of the molecule is CCNC(C)(CO)CCCN1CCC(C)(C)C1. The zero-order chi connectivity index (χ0) is 12.9. The highest BCUT2D eigenvalue weighted by molar-refractivity contribution is 4.85. The molecule has 0 amide bonds. The molecule has 1 aliphatic heterocycles. The van der Waals surface area contributed by atoms with E-state index in [4.69, 9.17) is 0 Å². The van der Waals surface area contributed by atoms with Crippen LogP contribution >= 0.6 is 0 Å². The molecule has 0 radical (unpaired) electrons. The topological polar surface area (TPSA) is 35.5 Å². The second kappa shape index (κ2) is 6.17. The molecular formula is C14H30N2O. The number of aliphatic hydroxyl groups excluding tert-OH is 1. The van der Waals surface area contributed by atoms with Crippen LogP contribution in [0.4, 0.5) is 0 Å². The molecule has 0 aromatic carbocycles. The van der Waals surface area contributed by atoms with Gasteiger partial charge >= 0.3 is 0 Å². The maximum absolute atomic E-state index is 9.42. The predicted octanol–water partition coefficient (Wildman–Crippen LogP) is 1.86. The first-order valence-electron chi connectivity index (χ1n) is 6.99. The number of likely N-dealkylation sites (tertiary alicyclic amines) is 1. The van der Waals surface area contributed by atoms with Gasteiger partial charge in [-0.3, -0.25) is 0 Å². The van der Waals surface area contributed by atoms with E-state index in [0.29, 0.717) is 5.41 Å². The quantitative estimate of drug-likeness (QED) is 0.715. The van der Waals surface area contributed by atoms with Gasteiger partial charge in [0.1, 0.15) is 0 Å². The molecule has 3 nitrogen and oxygen atoms in total. The molecular weight excluding hydrogens is 212 g/mol. The number of nitrogens with one attached hydrogen (secondary N) is 1. The molecule has 0 bridgehead atoms. The van der Waals surface area contributed by atoms with Crippen LogP contribution in [0.3, 0.4) is 0 Å². The third-order valence-electron chi connectivity index (χ3n) is 3.91. The van der Waals surface area contributed by atoms with Crippen LogP contribution in [-0.2, 0) is 0 Å². The summed E-state index contributed by atoms with van der Waals surface area (Å²) in [6, 6.07) is 0. The summed E-state index contributed by atoms with van der Waals surface area (Å²) >= 11 is 0. The van der Waals surface area contributed by atoms with Gasteiger partial charge in [-0.2, -0.15) is 0 Å². The molecule has 1 heterocycles. The highest BCUT2D eigenvalue weighted by Crippen LogP contribution is 2.29. The monoisotopic (exact) mass is 242 g/mol. The van der Waals surface area contributed by atoms with Gasteiger partial charge in [-0.25, -0.2) is 0 Å². The Kier molecular flexibility index (Phi) is 5.42. The lowest BCUT2D eigenvalue weighted by Crippen LogP contribution is -2.46. The molecule has 1 atom stereocenters. The highest BCUT2D eigenvalue weighted by atomic mass is 16.3. The van der Waals surface area contributed by atoms with Crippen molar-refractivity contribution in [2.45, 2.75) is 52.5 Å². The predicted molar refractivity (Wildman–Crippen MR) is 73.2 cm³/mol. The summed E-state index contributed by atoms with van der Waals surface area (Å²) in [7, 11) is 0. The molecule has 0 aromatic heterocycles. The minimum absolute atomic E-state index is 0.0933. The van der Waals surface area contributed by atoms with Crippen molar-refractivity contribution in [1.29, 1.82) is 0 Å². The van der Waals surface area contributed by atoms with Crippen molar-refractivity contribution in [3.05, 3.63) is 0 Å².